The zero-order valence-electron chi connectivity index (χ0n) is 9.42. The maximum absolute atomic E-state index is 5.87. The Labute approximate surface area is 86.1 Å². The molecule has 0 aromatic carbocycles. The molecular weight excluding hydrogens is 178 g/mol. The van der Waals surface area contributed by atoms with Crippen molar-refractivity contribution >= 4 is 5.96 Å². The number of aliphatic imine (C=N–C) groups is 1. The Morgan fingerprint density at radius 1 is 1.50 bits per heavy atom. The summed E-state index contributed by atoms with van der Waals surface area (Å²) in [6.07, 6.45) is 2.16. The minimum absolute atomic E-state index is 0.141. The lowest BCUT2D eigenvalue weighted by Crippen LogP contribution is -2.52. The molecule has 82 valence electrons. The van der Waals surface area contributed by atoms with Crippen LogP contribution in [-0.2, 0) is 4.74 Å². The van der Waals surface area contributed by atoms with E-state index < -0.39 is 0 Å². The third kappa shape index (κ3) is 1.85. The average molecular weight is 199 g/mol. The second-order valence-corrected chi connectivity index (χ2v) is 3.75. The van der Waals surface area contributed by atoms with E-state index in [0.717, 1.165) is 25.9 Å². The average Bonchev–Trinajstić information content (AvgIpc) is 2.53. The number of nitrogens with two attached hydrogens (primary N) is 1. The van der Waals surface area contributed by atoms with E-state index in [-0.39, 0.29) is 5.54 Å². The van der Waals surface area contributed by atoms with E-state index in [1.165, 1.54) is 0 Å². The monoisotopic (exact) mass is 199 g/mol. The summed E-state index contributed by atoms with van der Waals surface area (Å²) in [5.41, 5.74) is 6.01. The molecule has 0 spiro atoms. The van der Waals surface area contributed by atoms with Gasteiger partial charge >= 0.3 is 0 Å². The highest BCUT2D eigenvalue weighted by Gasteiger charge is 2.38. The first-order valence-corrected chi connectivity index (χ1v) is 5.26. The van der Waals surface area contributed by atoms with Crippen LogP contribution >= 0.6 is 0 Å². The van der Waals surface area contributed by atoms with E-state index in [0.29, 0.717) is 12.6 Å². The predicted octanol–water partition coefficient (Wildman–Crippen LogP) is 0.822. The third-order valence-corrected chi connectivity index (χ3v) is 3.22. The fourth-order valence-corrected chi connectivity index (χ4v) is 2.03. The molecule has 1 aliphatic rings. The summed E-state index contributed by atoms with van der Waals surface area (Å²) in [4.78, 5) is 6.52. The van der Waals surface area contributed by atoms with Crippen LogP contribution in [0, 0.1) is 0 Å². The smallest absolute Gasteiger partial charge is 0.191 e. The van der Waals surface area contributed by atoms with Crippen LogP contribution in [0.5, 0.6) is 0 Å². The zero-order valence-corrected chi connectivity index (χ0v) is 9.42. The zero-order chi connectivity index (χ0) is 10.6. The summed E-state index contributed by atoms with van der Waals surface area (Å²) in [5, 5.41) is 0. The van der Waals surface area contributed by atoms with Gasteiger partial charge in [-0.15, -0.1) is 0 Å². The van der Waals surface area contributed by atoms with Gasteiger partial charge in [-0.25, -0.2) is 0 Å². The van der Waals surface area contributed by atoms with Gasteiger partial charge in [-0.1, -0.05) is 13.8 Å². The van der Waals surface area contributed by atoms with Crippen LogP contribution in [0.25, 0.3) is 0 Å². The molecule has 1 aliphatic heterocycles. The van der Waals surface area contributed by atoms with Gasteiger partial charge in [0.05, 0.1) is 18.7 Å². The fourth-order valence-electron chi connectivity index (χ4n) is 2.03. The van der Waals surface area contributed by atoms with Crippen LogP contribution < -0.4 is 5.73 Å². The van der Waals surface area contributed by atoms with Crippen molar-refractivity contribution in [1.29, 1.82) is 0 Å². The molecule has 2 N–H and O–H groups in total. The minimum atomic E-state index is 0.141. The van der Waals surface area contributed by atoms with Crippen molar-refractivity contribution in [2.75, 3.05) is 26.8 Å². The third-order valence-electron chi connectivity index (χ3n) is 3.22. The molecule has 0 aliphatic carbocycles. The highest BCUT2D eigenvalue weighted by molar-refractivity contribution is 5.81. The molecule has 0 radical (unpaired) electrons. The molecule has 0 bridgehead atoms. The number of hydrogen-bond acceptors (Lipinski definition) is 4. The number of methoxy groups -OCH3 is 1. The van der Waals surface area contributed by atoms with E-state index in [1.807, 2.05) is 0 Å². The Morgan fingerprint density at radius 3 is 2.64 bits per heavy atom. The minimum Gasteiger partial charge on any atom is -0.383 e. The lowest BCUT2D eigenvalue weighted by atomic mass is 9.92. The van der Waals surface area contributed by atoms with Crippen LogP contribution in [0.15, 0.2) is 4.99 Å². The molecule has 14 heavy (non-hydrogen) atoms. The first-order chi connectivity index (χ1) is 6.70. The molecule has 0 unspecified atom stereocenters. The van der Waals surface area contributed by atoms with Gasteiger partial charge in [-0.2, -0.15) is 0 Å². The lowest BCUT2D eigenvalue weighted by Gasteiger charge is -2.37. The number of rotatable bonds is 5. The summed E-state index contributed by atoms with van der Waals surface area (Å²) in [5.74, 6) is 0.672. The Bertz CT molecular complexity index is 211. The SMILES string of the molecule is CCC1(CC)CN=C(N)N1CCOC. The largest absolute Gasteiger partial charge is 0.383 e. The Hall–Kier alpha value is -0.770. The van der Waals surface area contributed by atoms with Gasteiger partial charge in [-0.05, 0) is 12.8 Å². The van der Waals surface area contributed by atoms with E-state index in [2.05, 4.69) is 23.7 Å². The summed E-state index contributed by atoms with van der Waals surface area (Å²) < 4.78 is 5.08. The standard InChI is InChI=1S/C10H21N3O/c1-4-10(5-2)8-12-9(11)13(10)6-7-14-3/h4-8H2,1-3H3,(H2,11,12). The molecule has 0 aromatic heterocycles. The molecule has 0 amide bonds. The molecule has 0 saturated carbocycles. The van der Waals surface area contributed by atoms with Crippen LogP contribution in [0.1, 0.15) is 26.7 Å². The topological polar surface area (TPSA) is 50.8 Å². The van der Waals surface area contributed by atoms with Gasteiger partial charge < -0.3 is 15.4 Å². The summed E-state index contributed by atoms with van der Waals surface area (Å²) in [6, 6.07) is 0. The molecule has 0 fully saturated rings. The van der Waals surface area contributed by atoms with Crippen LogP contribution in [0.3, 0.4) is 0 Å². The molecule has 1 rings (SSSR count). The molecule has 4 heteroatoms. The van der Waals surface area contributed by atoms with Crippen molar-refractivity contribution in [3.63, 3.8) is 0 Å². The Kier molecular flexibility index (Phi) is 3.75. The van der Waals surface area contributed by atoms with Gasteiger partial charge in [-0.3, -0.25) is 4.99 Å². The van der Waals surface area contributed by atoms with Gasteiger partial charge in [0.2, 0.25) is 0 Å². The van der Waals surface area contributed by atoms with Crippen molar-refractivity contribution in [2.24, 2.45) is 10.7 Å². The second kappa shape index (κ2) is 4.64. The van der Waals surface area contributed by atoms with E-state index in [9.17, 15) is 0 Å². The normalized spacial score (nSPS) is 19.9. The van der Waals surface area contributed by atoms with Crippen molar-refractivity contribution in [3.05, 3.63) is 0 Å². The molecule has 0 saturated heterocycles. The summed E-state index contributed by atoms with van der Waals surface area (Å²) in [6.45, 7) is 6.76. The number of guanidine groups is 1. The highest BCUT2D eigenvalue weighted by atomic mass is 16.5. The number of nitrogens with zero attached hydrogens (tertiary/aromatic N) is 2. The fraction of sp³-hybridized carbons (Fsp3) is 0.900. The van der Waals surface area contributed by atoms with E-state index >= 15 is 0 Å². The van der Waals surface area contributed by atoms with Crippen molar-refractivity contribution in [2.45, 2.75) is 32.2 Å². The molecular formula is C10H21N3O. The van der Waals surface area contributed by atoms with Crippen molar-refractivity contribution in [1.82, 2.24) is 4.90 Å². The molecule has 1 heterocycles. The Morgan fingerprint density at radius 2 is 2.14 bits per heavy atom. The van der Waals surface area contributed by atoms with Crippen LogP contribution in [0.4, 0.5) is 0 Å². The highest BCUT2D eigenvalue weighted by Crippen LogP contribution is 2.28. The number of hydrogen-bond donors (Lipinski definition) is 1. The first kappa shape index (κ1) is 11.3. The Balaban J connectivity index is 2.68. The quantitative estimate of drug-likeness (QED) is 0.713. The molecule has 4 nitrogen and oxygen atoms in total. The van der Waals surface area contributed by atoms with Gasteiger partial charge in [0.25, 0.3) is 0 Å². The van der Waals surface area contributed by atoms with Crippen LogP contribution in [0.2, 0.25) is 0 Å². The van der Waals surface area contributed by atoms with Gasteiger partial charge in [0.1, 0.15) is 0 Å². The summed E-state index contributed by atoms with van der Waals surface area (Å²) in [7, 11) is 1.71. The molecule has 0 atom stereocenters. The number of ether oxygens (including phenoxy) is 1. The van der Waals surface area contributed by atoms with E-state index in [1.54, 1.807) is 7.11 Å². The predicted molar refractivity (Wildman–Crippen MR) is 58.4 cm³/mol. The van der Waals surface area contributed by atoms with Gasteiger partial charge in [0, 0.05) is 13.7 Å². The van der Waals surface area contributed by atoms with E-state index in [4.69, 9.17) is 10.5 Å². The molecule has 0 aromatic rings. The lowest BCUT2D eigenvalue weighted by molar-refractivity contribution is 0.123. The van der Waals surface area contributed by atoms with Gasteiger partial charge in [0.15, 0.2) is 5.96 Å². The first-order valence-electron chi connectivity index (χ1n) is 5.26. The maximum Gasteiger partial charge on any atom is 0.191 e. The van der Waals surface area contributed by atoms with Crippen LogP contribution in [-0.4, -0.2) is 43.2 Å². The van der Waals surface area contributed by atoms with Crippen molar-refractivity contribution < 1.29 is 4.74 Å². The maximum atomic E-state index is 5.87. The summed E-state index contributed by atoms with van der Waals surface area (Å²) >= 11 is 0. The van der Waals surface area contributed by atoms with Crippen molar-refractivity contribution in [3.8, 4) is 0 Å². The second-order valence-electron chi connectivity index (χ2n) is 3.75.